The van der Waals surface area contributed by atoms with Crippen LogP contribution in [-0.2, 0) is 0 Å². The normalized spacial score (nSPS) is 35.6. The summed E-state index contributed by atoms with van der Waals surface area (Å²) in [6.45, 7) is 2.54. The number of hydrogen-bond donors (Lipinski definition) is 1. The number of nitrogens with one attached hydrogen (secondary N) is 1. The van der Waals surface area contributed by atoms with Crippen LogP contribution in [0.25, 0.3) is 0 Å². The Labute approximate surface area is 107 Å². The summed E-state index contributed by atoms with van der Waals surface area (Å²) >= 11 is 0. The Morgan fingerprint density at radius 2 is 1.94 bits per heavy atom. The first-order chi connectivity index (χ1) is 8.22. The monoisotopic (exact) mass is 239 g/mol. The summed E-state index contributed by atoms with van der Waals surface area (Å²) < 4.78 is 0. The predicted molar refractivity (Wildman–Crippen MR) is 73.4 cm³/mol. The quantitative estimate of drug-likeness (QED) is 0.803. The van der Waals surface area contributed by atoms with E-state index in [1.54, 1.807) is 0 Å². The fourth-order valence-corrected chi connectivity index (χ4v) is 3.65. The number of likely N-dealkylation sites (N-methyl/N-ethyl adjacent to an activating group) is 3. The molecule has 0 spiro atoms. The standard InChI is InChI=1S/C14H29N3/c1-15-13-8-4-5-9-14(13)17(3)11-12-7-6-10-16(12)2/h12-15H,4-11H2,1-3H3. The zero-order valence-electron chi connectivity index (χ0n) is 11.8. The molecule has 2 aliphatic rings. The van der Waals surface area contributed by atoms with Gasteiger partial charge < -0.3 is 15.1 Å². The van der Waals surface area contributed by atoms with E-state index in [1.165, 1.54) is 51.6 Å². The van der Waals surface area contributed by atoms with Crippen molar-refractivity contribution < 1.29 is 0 Å². The second kappa shape index (κ2) is 6.17. The van der Waals surface area contributed by atoms with Crippen molar-refractivity contribution in [2.24, 2.45) is 0 Å². The molecule has 0 radical (unpaired) electrons. The Morgan fingerprint density at radius 3 is 2.59 bits per heavy atom. The third-order valence-electron chi connectivity index (χ3n) is 4.84. The van der Waals surface area contributed by atoms with E-state index in [4.69, 9.17) is 0 Å². The molecule has 1 aliphatic heterocycles. The topological polar surface area (TPSA) is 18.5 Å². The van der Waals surface area contributed by atoms with Crippen molar-refractivity contribution in [2.75, 3.05) is 34.2 Å². The Bertz CT molecular complexity index is 232. The maximum Gasteiger partial charge on any atom is 0.0246 e. The van der Waals surface area contributed by atoms with E-state index in [1.807, 2.05) is 0 Å². The van der Waals surface area contributed by atoms with Crippen LogP contribution in [0, 0.1) is 0 Å². The van der Waals surface area contributed by atoms with Gasteiger partial charge in [0.05, 0.1) is 0 Å². The SMILES string of the molecule is CNC1CCCCC1N(C)CC1CCCN1C. The van der Waals surface area contributed by atoms with Crippen LogP contribution in [0.2, 0.25) is 0 Å². The molecule has 2 fully saturated rings. The Kier molecular flexibility index (Phi) is 4.83. The van der Waals surface area contributed by atoms with Crippen LogP contribution < -0.4 is 5.32 Å². The van der Waals surface area contributed by atoms with Gasteiger partial charge in [-0.2, -0.15) is 0 Å². The van der Waals surface area contributed by atoms with Gasteiger partial charge in [0.2, 0.25) is 0 Å². The second-order valence-corrected chi connectivity index (χ2v) is 5.96. The van der Waals surface area contributed by atoms with Crippen LogP contribution in [0.5, 0.6) is 0 Å². The smallest absolute Gasteiger partial charge is 0.0246 e. The van der Waals surface area contributed by atoms with Gasteiger partial charge in [0.15, 0.2) is 0 Å². The molecule has 3 unspecified atom stereocenters. The first kappa shape index (κ1) is 13.3. The van der Waals surface area contributed by atoms with Crippen molar-refractivity contribution in [1.29, 1.82) is 0 Å². The van der Waals surface area contributed by atoms with Crippen LogP contribution in [0.1, 0.15) is 38.5 Å². The zero-order valence-corrected chi connectivity index (χ0v) is 11.8. The highest BCUT2D eigenvalue weighted by Gasteiger charge is 2.30. The van der Waals surface area contributed by atoms with E-state index in [-0.39, 0.29) is 0 Å². The lowest BCUT2D eigenvalue weighted by atomic mass is 9.89. The van der Waals surface area contributed by atoms with Gasteiger partial charge in [0.25, 0.3) is 0 Å². The number of likely N-dealkylation sites (tertiary alicyclic amines) is 1. The molecule has 3 heteroatoms. The number of hydrogen-bond acceptors (Lipinski definition) is 3. The molecule has 3 atom stereocenters. The highest BCUT2D eigenvalue weighted by Crippen LogP contribution is 2.24. The molecule has 100 valence electrons. The lowest BCUT2D eigenvalue weighted by molar-refractivity contribution is 0.123. The van der Waals surface area contributed by atoms with Crippen molar-refractivity contribution in [3.8, 4) is 0 Å². The molecule has 2 rings (SSSR count). The molecule has 0 amide bonds. The fraction of sp³-hybridized carbons (Fsp3) is 1.00. The van der Waals surface area contributed by atoms with Crippen LogP contribution in [0.3, 0.4) is 0 Å². The Morgan fingerprint density at radius 1 is 1.18 bits per heavy atom. The molecule has 0 aromatic heterocycles. The van der Waals surface area contributed by atoms with E-state index < -0.39 is 0 Å². The van der Waals surface area contributed by atoms with Crippen LogP contribution >= 0.6 is 0 Å². The summed E-state index contributed by atoms with van der Waals surface area (Å²) in [6, 6.07) is 2.25. The third-order valence-corrected chi connectivity index (χ3v) is 4.84. The van der Waals surface area contributed by atoms with Gasteiger partial charge in [-0.1, -0.05) is 12.8 Å². The molecule has 1 saturated heterocycles. The molecule has 3 nitrogen and oxygen atoms in total. The molecule has 1 N–H and O–H groups in total. The summed E-state index contributed by atoms with van der Waals surface area (Å²) in [5.41, 5.74) is 0. The molecule has 0 aromatic carbocycles. The minimum Gasteiger partial charge on any atom is -0.315 e. The maximum atomic E-state index is 3.52. The first-order valence-electron chi connectivity index (χ1n) is 7.30. The van der Waals surface area contributed by atoms with Crippen molar-refractivity contribution in [2.45, 2.75) is 56.7 Å². The van der Waals surface area contributed by atoms with Gasteiger partial charge in [0.1, 0.15) is 0 Å². The van der Waals surface area contributed by atoms with Gasteiger partial charge in [-0.05, 0) is 53.4 Å². The highest BCUT2D eigenvalue weighted by atomic mass is 15.2. The van der Waals surface area contributed by atoms with Crippen molar-refractivity contribution in [3.05, 3.63) is 0 Å². The van der Waals surface area contributed by atoms with Gasteiger partial charge in [-0.3, -0.25) is 0 Å². The van der Waals surface area contributed by atoms with Gasteiger partial charge in [-0.25, -0.2) is 0 Å². The highest BCUT2D eigenvalue weighted by molar-refractivity contribution is 4.89. The van der Waals surface area contributed by atoms with Gasteiger partial charge in [0, 0.05) is 24.7 Å². The average molecular weight is 239 g/mol. The Hall–Kier alpha value is -0.120. The van der Waals surface area contributed by atoms with E-state index >= 15 is 0 Å². The molecule has 1 heterocycles. The van der Waals surface area contributed by atoms with Crippen LogP contribution in [-0.4, -0.2) is 62.2 Å². The van der Waals surface area contributed by atoms with Crippen molar-refractivity contribution in [1.82, 2.24) is 15.1 Å². The fourth-order valence-electron chi connectivity index (χ4n) is 3.65. The molecular formula is C14H29N3. The predicted octanol–water partition coefficient (Wildman–Crippen LogP) is 1.54. The summed E-state index contributed by atoms with van der Waals surface area (Å²) in [6.07, 6.45) is 8.31. The van der Waals surface area contributed by atoms with Gasteiger partial charge >= 0.3 is 0 Å². The third kappa shape index (κ3) is 3.21. The minimum absolute atomic E-state index is 0.709. The van der Waals surface area contributed by atoms with E-state index in [9.17, 15) is 0 Å². The van der Waals surface area contributed by atoms with E-state index in [0.717, 1.165) is 12.1 Å². The van der Waals surface area contributed by atoms with E-state index in [0.29, 0.717) is 6.04 Å². The summed E-state index contributed by atoms with van der Waals surface area (Å²) in [4.78, 5) is 5.15. The summed E-state index contributed by atoms with van der Waals surface area (Å²) in [7, 11) is 6.73. The number of nitrogens with zero attached hydrogens (tertiary/aromatic N) is 2. The molecule has 1 saturated carbocycles. The maximum absolute atomic E-state index is 3.52. The van der Waals surface area contributed by atoms with Crippen LogP contribution in [0.4, 0.5) is 0 Å². The van der Waals surface area contributed by atoms with Crippen LogP contribution in [0.15, 0.2) is 0 Å². The first-order valence-corrected chi connectivity index (χ1v) is 7.30. The van der Waals surface area contributed by atoms with Crippen molar-refractivity contribution in [3.63, 3.8) is 0 Å². The molecular weight excluding hydrogens is 210 g/mol. The molecule has 0 aromatic rings. The minimum atomic E-state index is 0.709. The zero-order chi connectivity index (χ0) is 12.3. The lowest BCUT2D eigenvalue weighted by Gasteiger charge is -2.39. The van der Waals surface area contributed by atoms with Gasteiger partial charge in [-0.15, -0.1) is 0 Å². The number of rotatable bonds is 4. The Balaban J connectivity index is 1.86. The second-order valence-electron chi connectivity index (χ2n) is 5.96. The largest absolute Gasteiger partial charge is 0.315 e. The molecule has 1 aliphatic carbocycles. The summed E-state index contributed by atoms with van der Waals surface area (Å²) in [5.74, 6) is 0. The lowest BCUT2D eigenvalue weighted by Crippen LogP contribution is -2.52. The molecule has 0 bridgehead atoms. The van der Waals surface area contributed by atoms with Crippen molar-refractivity contribution >= 4 is 0 Å². The molecule has 17 heavy (non-hydrogen) atoms. The summed E-state index contributed by atoms with van der Waals surface area (Å²) in [5, 5.41) is 3.52. The average Bonchev–Trinajstić information content (AvgIpc) is 2.75. The van der Waals surface area contributed by atoms with E-state index in [2.05, 4.69) is 36.3 Å².